The third-order valence-corrected chi connectivity index (χ3v) is 4.45. The molecule has 0 aromatic rings. The molecule has 0 spiro atoms. The zero-order valence-electron chi connectivity index (χ0n) is 18.7. The predicted molar refractivity (Wildman–Crippen MR) is 123 cm³/mol. The molecule has 0 aliphatic rings. The molecule has 0 aromatic carbocycles. The maximum absolute atomic E-state index is 11.7. The van der Waals surface area contributed by atoms with Gasteiger partial charge in [0.2, 0.25) is 5.91 Å². The number of aliphatic imine (C=N–C) groups is 1. The van der Waals surface area contributed by atoms with Crippen molar-refractivity contribution in [3.8, 4) is 0 Å². The highest BCUT2D eigenvalue weighted by atomic mass is 16.2. The van der Waals surface area contributed by atoms with Gasteiger partial charge in [-0.1, -0.05) is 25.7 Å². The van der Waals surface area contributed by atoms with Crippen LogP contribution in [0.2, 0.25) is 0 Å². The minimum atomic E-state index is -0.304. The average molecular weight is 429 g/mol. The van der Waals surface area contributed by atoms with Crippen molar-refractivity contribution in [2.24, 2.45) is 16.6 Å². The molecule has 0 heterocycles. The minimum Gasteiger partial charge on any atom is -0.355 e. The van der Waals surface area contributed by atoms with Gasteiger partial charge in [0.15, 0.2) is 0 Å². The van der Waals surface area contributed by atoms with Crippen LogP contribution in [0.5, 0.6) is 0 Å². The fourth-order valence-electron chi connectivity index (χ4n) is 2.70. The van der Waals surface area contributed by atoms with Crippen molar-refractivity contribution in [1.29, 1.82) is 0 Å². The molecule has 1 atom stereocenters. The van der Waals surface area contributed by atoms with Gasteiger partial charge in [-0.15, -0.1) is 0 Å². The molecule has 0 rings (SSSR count). The molecule has 0 radical (unpaired) electrons. The van der Waals surface area contributed by atoms with Crippen LogP contribution in [0.4, 0.5) is 4.79 Å². The van der Waals surface area contributed by atoms with Gasteiger partial charge < -0.3 is 32.4 Å². The van der Waals surface area contributed by atoms with E-state index in [1.165, 1.54) is 12.8 Å². The topological polar surface area (TPSA) is 159 Å². The summed E-state index contributed by atoms with van der Waals surface area (Å²) in [6.45, 7) is 5.87. The summed E-state index contributed by atoms with van der Waals surface area (Å²) in [5.41, 5.74) is 8.06. The zero-order valence-corrected chi connectivity index (χ0v) is 18.7. The Bertz CT molecular complexity index is 447. The van der Waals surface area contributed by atoms with E-state index in [-0.39, 0.29) is 24.5 Å². The lowest BCUT2D eigenvalue weighted by molar-refractivity contribution is -0.120. The van der Waals surface area contributed by atoms with Gasteiger partial charge in [0.25, 0.3) is 0 Å². The van der Waals surface area contributed by atoms with Crippen molar-refractivity contribution in [3.05, 3.63) is 0 Å². The van der Waals surface area contributed by atoms with Crippen molar-refractivity contribution in [3.63, 3.8) is 0 Å². The first-order valence-corrected chi connectivity index (χ1v) is 11.3. The monoisotopic (exact) mass is 428 g/mol. The summed E-state index contributed by atoms with van der Waals surface area (Å²) < 4.78 is 0. The summed E-state index contributed by atoms with van der Waals surface area (Å²) >= 11 is 0. The van der Waals surface area contributed by atoms with E-state index in [0.29, 0.717) is 13.1 Å². The second-order valence-corrected chi connectivity index (χ2v) is 7.51. The zero-order chi connectivity index (χ0) is 22.3. The Balaban J connectivity index is 3.35. The summed E-state index contributed by atoms with van der Waals surface area (Å²) in [6, 6.07) is -0.0808. The Hall–Kier alpha value is -1.91. The van der Waals surface area contributed by atoms with Crippen LogP contribution in [0.1, 0.15) is 64.7 Å². The van der Waals surface area contributed by atoms with E-state index in [9.17, 15) is 9.59 Å². The normalized spacial score (nSPS) is 12.0. The van der Waals surface area contributed by atoms with Crippen LogP contribution in [-0.2, 0) is 4.79 Å². The lowest BCUT2D eigenvalue weighted by atomic mass is 10.1. The molecular formula is C20H44N8O2. The highest BCUT2D eigenvalue weighted by Crippen LogP contribution is 2.04. The smallest absolute Gasteiger partial charge is 0.315 e. The lowest BCUT2D eigenvalue weighted by Gasteiger charge is -2.09. The molecule has 1 unspecified atom stereocenters. The maximum atomic E-state index is 11.7. The third-order valence-electron chi connectivity index (χ3n) is 4.45. The van der Waals surface area contributed by atoms with E-state index >= 15 is 0 Å². The highest BCUT2D eigenvalue weighted by molar-refractivity contribution is 5.83. The Morgan fingerprint density at radius 3 is 2.23 bits per heavy atom. The van der Waals surface area contributed by atoms with E-state index in [0.717, 1.165) is 71.0 Å². The van der Waals surface area contributed by atoms with E-state index in [2.05, 4.69) is 31.7 Å². The molecule has 176 valence electrons. The van der Waals surface area contributed by atoms with E-state index in [1.807, 2.05) is 6.92 Å². The maximum Gasteiger partial charge on any atom is 0.315 e. The van der Waals surface area contributed by atoms with Crippen LogP contribution in [0, 0.1) is 0 Å². The minimum absolute atomic E-state index is 0.00281. The van der Waals surface area contributed by atoms with Gasteiger partial charge in [0, 0.05) is 25.7 Å². The Morgan fingerprint density at radius 1 is 0.867 bits per heavy atom. The summed E-state index contributed by atoms with van der Waals surface area (Å²) in [5, 5.41) is 11.5. The largest absolute Gasteiger partial charge is 0.355 e. The number of amides is 3. The molecule has 3 amide bonds. The van der Waals surface area contributed by atoms with Crippen molar-refractivity contribution in [2.75, 3.05) is 39.3 Å². The SMILES string of the molecule is CC(N)CCNCCCCNC(=O)NCC(=O)NCCCCCCCCN=CNN. The first-order valence-electron chi connectivity index (χ1n) is 11.3. The van der Waals surface area contributed by atoms with Gasteiger partial charge in [-0.25, -0.2) is 10.6 Å². The van der Waals surface area contributed by atoms with Gasteiger partial charge >= 0.3 is 6.03 Å². The molecule has 0 aliphatic carbocycles. The van der Waals surface area contributed by atoms with Gasteiger partial charge in [0.05, 0.1) is 12.9 Å². The van der Waals surface area contributed by atoms with E-state index < -0.39 is 0 Å². The Labute approximate surface area is 181 Å². The predicted octanol–water partition coefficient (Wildman–Crippen LogP) is 0.341. The molecule has 0 saturated carbocycles. The number of nitrogens with two attached hydrogens (primary N) is 2. The van der Waals surface area contributed by atoms with Gasteiger partial charge in [-0.05, 0) is 52.1 Å². The Kier molecular flexibility index (Phi) is 20.4. The number of hydrazine groups is 1. The van der Waals surface area contributed by atoms with Crippen LogP contribution in [-0.4, -0.2) is 63.6 Å². The molecule has 0 saturated heterocycles. The number of nitrogens with one attached hydrogen (secondary N) is 5. The average Bonchev–Trinajstić information content (AvgIpc) is 2.72. The van der Waals surface area contributed by atoms with Crippen molar-refractivity contribution >= 4 is 18.3 Å². The number of rotatable bonds is 20. The first kappa shape index (κ1) is 28.1. The van der Waals surface area contributed by atoms with E-state index in [1.54, 1.807) is 0 Å². The molecule has 0 aliphatic heterocycles. The van der Waals surface area contributed by atoms with Gasteiger partial charge in [0.1, 0.15) is 0 Å². The molecule has 0 fully saturated rings. The fraction of sp³-hybridized carbons (Fsp3) is 0.850. The number of urea groups is 1. The number of carbonyl (C=O) groups excluding carboxylic acids is 2. The number of nitrogens with zero attached hydrogens (tertiary/aromatic N) is 1. The summed E-state index contributed by atoms with van der Waals surface area (Å²) in [6.07, 6.45) is 10.9. The number of unbranched alkanes of at least 4 members (excludes halogenated alkanes) is 6. The molecule has 30 heavy (non-hydrogen) atoms. The molecule has 0 bridgehead atoms. The van der Waals surface area contributed by atoms with Crippen molar-refractivity contribution in [2.45, 2.75) is 70.8 Å². The quantitative estimate of drug-likeness (QED) is 0.0487. The van der Waals surface area contributed by atoms with Gasteiger partial charge in [-0.3, -0.25) is 9.79 Å². The number of hydrogen-bond donors (Lipinski definition) is 7. The van der Waals surface area contributed by atoms with Crippen LogP contribution >= 0.6 is 0 Å². The lowest BCUT2D eigenvalue weighted by Crippen LogP contribution is -2.42. The molecular weight excluding hydrogens is 384 g/mol. The number of carbonyl (C=O) groups is 2. The second-order valence-electron chi connectivity index (χ2n) is 7.51. The highest BCUT2D eigenvalue weighted by Gasteiger charge is 2.04. The first-order chi connectivity index (χ1) is 14.6. The molecule has 10 heteroatoms. The van der Waals surface area contributed by atoms with Crippen LogP contribution in [0.15, 0.2) is 4.99 Å². The standard InChI is InChI=1S/C20H44N8O2/c1-18(21)10-15-23-11-8-9-14-26-20(30)27-16-19(29)25-13-7-5-3-2-4-6-12-24-17-28-22/h17-18,23H,2-16,21-22H2,1H3,(H,24,28)(H,25,29)(H2,26,27,30). The Morgan fingerprint density at radius 2 is 1.50 bits per heavy atom. The summed E-state index contributed by atoms with van der Waals surface area (Å²) in [7, 11) is 0. The van der Waals surface area contributed by atoms with E-state index in [4.69, 9.17) is 11.6 Å². The summed E-state index contributed by atoms with van der Waals surface area (Å²) in [4.78, 5) is 27.5. The van der Waals surface area contributed by atoms with Crippen molar-refractivity contribution < 1.29 is 9.59 Å². The molecule has 0 aromatic heterocycles. The van der Waals surface area contributed by atoms with Crippen LogP contribution in [0.3, 0.4) is 0 Å². The van der Waals surface area contributed by atoms with Crippen LogP contribution < -0.4 is 38.3 Å². The molecule has 9 N–H and O–H groups in total. The fourth-order valence-corrected chi connectivity index (χ4v) is 2.70. The summed E-state index contributed by atoms with van der Waals surface area (Å²) in [5.74, 6) is 4.93. The number of hydrogen-bond acceptors (Lipinski definition) is 6. The van der Waals surface area contributed by atoms with Gasteiger partial charge in [-0.2, -0.15) is 0 Å². The molecule has 10 nitrogen and oxygen atoms in total. The van der Waals surface area contributed by atoms with Crippen LogP contribution in [0.25, 0.3) is 0 Å². The third kappa shape index (κ3) is 22.4. The second kappa shape index (κ2) is 21.8. The van der Waals surface area contributed by atoms with Crippen molar-refractivity contribution in [1.82, 2.24) is 26.7 Å².